The Balaban J connectivity index is 1.76. The zero-order chi connectivity index (χ0) is 27.3. The maximum atomic E-state index is 15.6. The summed E-state index contributed by atoms with van der Waals surface area (Å²) >= 11 is 0. The number of benzene rings is 2. The van der Waals surface area contributed by atoms with Gasteiger partial charge < -0.3 is 9.64 Å². The van der Waals surface area contributed by atoms with Gasteiger partial charge in [0.25, 0.3) is 10.0 Å². The number of nitrogens with one attached hydrogen (secondary N) is 1. The van der Waals surface area contributed by atoms with Crippen molar-refractivity contribution in [2.24, 2.45) is 5.41 Å². The Morgan fingerprint density at radius 1 is 1.14 bits per heavy atom. The topological polar surface area (TPSA) is 75.7 Å². The number of carbonyl (C=O) groups excluding carboxylic acids is 1. The van der Waals surface area contributed by atoms with Crippen LogP contribution >= 0.6 is 0 Å². The van der Waals surface area contributed by atoms with Gasteiger partial charge in [0.2, 0.25) is 0 Å². The van der Waals surface area contributed by atoms with Gasteiger partial charge in [0.15, 0.2) is 0 Å². The van der Waals surface area contributed by atoms with Gasteiger partial charge in [-0.2, -0.15) is 8.78 Å². The molecule has 1 aliphatic heterocycles. The van der Waals surface area contributed by atoms with E-state index >= 15 is 4.39 Å². The van der Waals surface area contributed by atoms with Gasteiger partial charge in [-0.1, -0.05) is 12.1 Å². The summed E-state index contributed by atoms with van der Waals surface area (Å²) in [5, 5.41) is 0. The number of amides is 1. The van der Waals surface area contributed by atoms with E-state index in [1.54, 1.807) is 20.8 Å². The van der Waals surface area contributed by atoms with E-state index < -0.39 is 68.8 Å². The average molecular weight is 547 g/mol. The number of halogens is 5. The van der Waals surface area contributed by atoms with Crippen LogP contribution in [-0.4, -0.2) is 49.4 Å². The largest absolute Gasteiger partial charge is 0.444 e. The molecule has 2 atom stereocenters. The molecule has 1 amide bonds. The lowest BCUT2D eigenvalue weighted by Crippen LogP contribution is -2.51. The predicted molar refractivity (Wildman–Crippen MR) is 126 cm³/mol. The summed E-state index contributed by atoms with van der Waals surface area (Å²) in [5.74, 6) is -6.12. The third-order valence-electron chi connectivity index (χ3n) is 6.65. The molecule has 1 N–H and O–H groups in total. The minimum Gasteiger partial charge on any atom is -0.444 e. The van der Waals surface area contributed by atoms with Gasteiger partial charge in [-0.3, -0.25) is 0 Å². The second-order valence-electron chi connectivity index (χ2n) is 10.6. The van der Waals surface area contributed by atoms with E-state index in [9.17, 15) is 30.8 Å². The standard InChI is InChI=1S/C25H27F5N2O4S/c1-24(2,3)36-23(33)32-13-25(7-8-25)21(31-37(34,35)22(29)30)19(32)11-15-10-17(27)12-18(20(15)28)14-5-4-6-16(26)9-14/h4-6,9-10,12,19,21-22,31H,7-8,11,13H2,1-3H3/t19-,21+/m0/s1. The van der Waals surface area contributed by atoms with Gasteiger partial charge in [-0.15, -0.1) is 0 Å². The van der Waals surface area contributed by atoms with Crippen LogP contribution in [0.4, 0.5) is 26.7 Å². The van der Waals surface area contributed by atoms with Crippen LogP contribution in [0.3, 0.4) is 0 Å². The number of rotatable bonds is 6. The molecule has 1 heterocycles. The van der Waals surface area contributed by atoms with Crippen molar-refractivity contribution >= 4 is 16.1 Å². The van der Waals surface area contributed by atoms with Crippen molar-refractivity contribution < 1.29 is 39.9 Å². The zero-order valence-electron chi connectivity index (χ0n) is 20.4. The van der Waals surface area contributed by atoms with Gasteiger partial charge in [0.1, 0.15) is 23.1 Å². The summed E-state index contributed by atoms with van der Waals surface area (Å²) in [5.41, 5.74) is -2.15. The molecule has 1 spiro atoms. The van der Waals surface area contributed by atoms with E-state index in [2.05, 4.69) is 0 Å². The molecule has 0 aromatic heterocycles. The molecule has 2 fully saturated rings. The first-order chi connectivity index (χ1) is 17.1. The fourth-order valence-corrected chi connectivity index (χ4v) is 5.70. The van der Waals surface area contributed by atoms with Gasteiger partial charge in [0.05, 0.1) is 12.1 Å². The summed E-state index contributed by atoms with van der Waals surface area (Å²) in [7, 11) is -5.07. The first-order valence-corrected chi connectivity index (χ1v) is 13.2. The maximum Gasteiger partial charge on any atom is 0.410 e. The number of sulfonamides is 1. The molecule has 2 aromatic rings. The molecular formula is C25H27F5N2O4S. The minimum atomic E-state index is -5.07. The molecule has 0 radical (unpaired) electrons. The Morgan fingerprint density at radius 3 is 2.38 bits per heavy atom. The Bertz CT molecular complexity index is 1310. The number of alkyl halides is 2. The Kier molecular flexibility index (Phi) is 7.04. The molecule has 2 aromatic carbocycles. The molecule has 2 aliphatic rings. The van der Waals surface area contributed by atoms with Crippen LogP contribution in [0.25, 0.3) is 11.1 Å². The number of hydrogen-bond donors (Lipinski definition) is 1. The first-order valence-electron chi connectivity index (χ1n) is 11.6. The third kappa shape index (κ3) is 5.74. The highest BCUT2D eigenvalue weighted by atomic mass is 32.2. The lowest BCUT2D eigenvalue weighted by Gasteiger charge is -2.31. The van der Waals surface area contributed by atoms with Crippen molar-refractivity contribution in [3.05, 3.63) is 59.4 Å². The van der Waals surface area contributed by atoms with Crippen LogP contribution in [0.5, 0.6) is 0 Å². The van der Waals surface area contributed by atoms with E-state index in [0.29, 0.717) is 12.8 Å². The summed E-state index contributed by atoms with van der Waals surface area (Å²) in [6, 6.07) is 4.36. The zero-order valence-corrected chi connectivity index (χ0v) is 21.2. The van der Waals surface area contributed by atoms with Crippen molar-refractivity contribution in [2.75, 3.05) is 6.54 Å². The second-order valence-corrected chi connectivity index (χ2v) is 12.3. The van der Waals surface area contributed by atoms with E-state index in [4.69, 9.17) is 4.74 Å². The molecule has 0 bridgehead atoms. The Hall–Kier alpha value is -2.73. The van der Waals surface area contributed by atoms with Crippen LogP contribution in [0.15, 0.2) is 36.4 Å². The highest BCUT2D eigenvalue weighted by molar-refractivity contribution is 7.89. The number of ether oxygens (including phenoxy) is 1. The number of nitrogens with zero attached hydrogens (tertiary/aromatic N) is 1. The molecule has 1 aliphatic carbocycles. The van der Waals surface area contributed by atoms with Crippen molar-refractivity contribution in [3.8, 4) is 11.1 Å². The monoisotopic (exact) mass is 546 g/mol. The number of carbonyl (C=O) groups is 1. The predicted octanol–water partition coefficient (Wildman–Crippen LogP) is 5.22. The van der Waals surface area contributed by atoms with E-state index in [0.717, 1.165) is 24.3 Å². The highest BCUT2D eigenvalue weighted by Crippen LogP contribution is 2.56. The average Bonchev–Trinajstić information content (AvgIpc) is 3.49. The SMILES string of the molecule is CC(C)(C)OC(=O)N1CC2(CC2)[C@H](NS(=O)(=O)C(F)F)[C@@H]1Cc1cc(F)cc(-c2cccc(F)c2)c1F. The molecule has 37 heavy (non-hydrogen) atoms. The summed E-state index contributed by atoms with van der Waals surface area (Å²) in [6.07, 6.45) is -0.341. The van der Waals surface area contributed by atoms with Gasteiger partial charge in [-0.25, -0.2) is 31.1 Å². The number of likely N-dealkylation sites (tertiary alicyclic amines) is 1. The van der Waals surface area contributed by atoms with Crippen molar-refractivity contribution in [1.82, 2.24) is 9.62 Å². The van der Waals surface area contributed by atoms with E-state index in [-0.39, 0.29) is 23.2 Å². The smallest absolute Gasteiger partial charge is 0.410 e. The first kappa shape index (κ1) is 27.3. The van der Waals surface area contributed by atoms with Crippen molar-refractivity contribution in [3.63, 3.8) is 0 Å². The van der Waals surface area contributed by atoms with Crippen LogP contribution < -0.4 is 4.72 Å². The van der Waals surface area contributed by atoms with E-state index in [1.807, 2.05) is 4.72 Å². The normalized spacial score (nSPS) is 21.1. The molecule has 1 saturated heterocycles. The Morgan fingerprint density at radius 2 is 1.81 bits per heavy atom. The van der Waals surface area contributed by atoms with Crippen LogP contribution in [0.1, 0.15) is 39.2 Å². The molecule has 6 nitrogen and oxygen atoms in total. The summed E-state index contributed by atoms with van der Waals surface area (Å²) < 4.78 is 102. The van der Waals surface area contributed by atoms with Crippen LogP contribution in [0.2, 0.25) is 0 Å². The van der Waals surface area contributed by atoms with Gasteiger partial charge in [0, 0.05) is 17.5 Å². The second kappa shape index (κ2) is 9.54. The lowest BCUT2D eigenvalue weighted by atomic mass is 9.91. The molecule has 202 valence electrons. The summed E-state index contributed by atoms with van der Waals surface area (Å²) in [6.45, 7) is 4.86. The van der Waals surface area contributed by atoms with Crippen LogP contribution in [0, 0.1) is 22.9 Å². The molecule has 4 rings (SSSR count). The molecular weight excluding hydrogens is 519 g/mol. The van der Waals surface area contributed by atoms with Crippen molar-refractivity contribution in [1.29, 1.82) is 0 Å². The third-order valence-corrected chi connectivity index (χ3v) is 7.71. The van der Waals surface area contributed by atoms with Crippen LogP contribution in [-0.2, 0) is 21.2 Å². The van der Waals surface area contributed by atoms with Gasteiger partial charge in [-0.05, 0) is 75.4 Å². The van der Waals surface area contributed by atoms with Gasteiger partial charge >= 0.3 is 11.9 Å². The maximum absolute atomic E-state index is 15.6. The highest BCUT2D eigenvalue weighted by Gasteiger charge is 2.62. The van der Waals surface area contributed by atoms with E-state index in [1.165, 1.54) is 17.0 Å². The fraction of sp³-hybridized carbons (Fsp3) is 0.480. The summed E-state index contributed by atoms with van der Waals surface area (Å²) in [4.78, 5) is 14.3. The lowest BCUT2D eigenvalue weighted by molar-refractivity contribution is 0.0213. The Labute approximate surface area is 211 Å². The van der Waals surface area contributed by atoms with Crippen molar-refractivity contribution in [2.45, 2.75) is 63.5 Å². The minimum absolute atomic E-state index is 0.00328. The quantitative estimate of drug-likeness (QED) is 0.504. The molecule has 0 unspecified atom stereocenters. The fourth-order valence-electron chi connectivity index (χ4n) is 4.84. The number of hydrogen-bond acceptors (Lipinski definition) is 4. The molecule has 12 heteroatoms. The molecule has 1 saturated carbocycles.